The van der Waals surface area contributed by atoms with Gasteiger partial charge in [-0.15, -0.1) is 0 Å². The average molecular weight is 519 g/mol. The monoisotopic (exact) mass is 518 g/mol. The molecule has 0 amide bonds. The van der Waals surface area contributed by atoms with Crippen molar-refractivity contribution in [1.29, 1.82) is 0 Å². The lowest BCUT2D eigenvalue weighted by Crippen LogP contribution is -2.59. The highest BCUT2D eigenvalue weighted by atomic mass is 16.5. The minimum atomic E-state index is -2.08. The van der Waals surface area contributed by atoms with Crippen LogP contribution in [0.4, 0.5) is 0 Å². The molecule has 10 nitrogen and oxygen atoms in total. The number of rotatable bonds is 5. The normalized spacial score (nSPS) is 22.5. The molecule has 38 heavy (non-hydrogen) atoms. The van der Waals surface area contributed by atoms with Gasteiger partial charge in [-0.05, 0) is 23.3 Å². The number of nitrogens with one attached hydrogen (secondary N) is 2. The van der Waals surface area contributed by atoms with Gasteiger partial charge in [0.25, 0.3) is 0 Å². The Morgan fingerprint density at radius 2 is 1.34 bits per heavy atom. The molecule has 0 bridgehead atoms. The van der Waals surface area contributed by atoms with Crippen LogP contribution in [0.2, 0.25) is 0 Å². The van der Waals surface area contributed by atoms with Crippen LogP contribution in [-0.2, 0) is 43.5 Å². The first-order valence-corrected chi connectivity index (χ1v) is 11.9. The van der Waals surface area contributed by atoms with Crippen molar-refractivity contribution in [3.63, 3.8) is 0 Å². The highest BCUT2D eigenvalue weighted by Crippen LogP contribution is 2.59. The van der Waals surface area contributed by atoms with E-state index >= 15 is 0 Å². The van der Waals surface area contributed by atoms with E-state index in [1.807, 2.05) is 0 Å². The molecule has 4 unspecified atom stereocenters. The molecule has 2 N–H and O–H groups in total. The van der Waals surface area contributed by atoms with Gasteiger partial charge >= 0.3 is 23.9 Å². The summed E-state index contributed by atoms with van der Waals surface area (Å²) in [7, 11) is 4.71. The number of para-hydroxylation sites is 2. The molecule has 4 aromatic rings. The Morgan fingerprint density at radius 3 is 1.97 bits per heavy atom. The molecular weight excluding hydrogens is 492 g/mol. The van der Waals surface area contributed by atoms with E-state index in [1.165, 1.54) is 14.2 Å². The molecule has 5 rings (SSSR count). The highest BCUT2D eigenvalue weighted by Gasteiger charge is 2.69. The third-order valence-corrected chi connectivity index (χ3v) is 7.56. The van der Waals surface area contributed by atoms with Crippen LogP contribution in [0.25, 0.3) is 21.8 Å². The topological polar surface area (TPSA) is 137 Å². The van der Waals surface area contributed by atoms with Crippen LogP contribution in [0.3, 0.4) is 0 Å². The molecule has 4 atom stereocenters. The summed E-state index contributed by atoms with van der Waals surface area (Å²) in [5, 5.41) is 1.15. The second-order valence-electron chi connectivity index (χ2n) is 9.06. The van der Waals surface area contributed by atoms with Gasteiger partial charge in [0, 0.05) is 33.7 Å². The number of fused-ring (bicyclic) bond motifs is 4. The Kier molecular flexibility index (Phi) is 6.18. The van der Waals surface area contributed by atoms with Crippen molar-refractivity contribution in [2.24, 2.45) is 5.92 Å². The summed E-state index contributed by atoms with van der Waals surface area (Å²) in [4.78, 5) is 61.6. The quantitative estimate of drug-likeness (QED) is 0.304. The van der Waals surface area contributed by atoms with Crippen molar-refractivity contribution in [2.45, 2.75) is 17.3 Å². The zero-order chi connectivity index (χ0) is 27.2. The molecule has 0 saturated heterocycles. The van der Waals surface area contributed by atoms with E-state index in [0.29, 0.717) is 27.4 Å². The van der Waals surface area contributed by atoms with Gasteiger partial charge in [-0.3, -0.25) is 19.2 Å². The fraction of sp³-hybridized carbons (Fsp3) is 0.286. The van der Waals surface area contributed by atoms with Crippen molar-refractivity contribution >= 4 is 45.7 Å². The summed E-state index contributed by atoms with van der Waals surface area (Å²) < 4.78 is 21.0. The second kappa shape index (κ2) is 9.37. The van der Waals surface area contributed by atoms with Crippen molar-refractivity contribution in [1.82, 2.24) is 9.97 Å². The molecule has 10 heteroatoms. The lowest BCUT2D eigenvalue weighted by atomic mass is 9.52. The fourth-order valence-electron chi connectivity index (χ4n) is 6.10. The predicted molar refractivity (Wildman–Crippen MR) is 135 cm³/mol. The van der Waals surface area contributed by atoms with Gasteiger partial charge < -0.3 is 28.9 Å². The lowest BCUT2D eigenvalue weighted by molar-refractivity contribution is -0.171. The van der Waals surface area contributed by atoms with Crippen LogP contribution in [0.1, 0.15) is 28.7 Å². The molecule has 196 valence electrons. The van der Waals surface area contributed by atoms with E-state index in [-0.39, 0.29) is 11.3 Å². The minimum Gasteiger partial charge on any atom is -0.469 e. The maximum atomic E-state index is 14.2. The van der Waals surface area contributed by atoms with Gasteiger partial charge in [0.1, 0.15) is 11.3 Å². The Labute approximate surface area is 217 Å². The van der Waals surface area contributed by atoms with Crippen molar-refractivity contribution < 1.29 is 38.1 Å². The number of esters is 4. The summed E-state index contributed by atoms with van der Waals surface area (Å²) in [5.41, 5.74) is 0.0609. The Bertz CT molecular complexity index is 1580. The van der Waals surface area contributed by atoms with E-state index in [9.17, 15) is 19.2 Å². The molecule has 0 radical (unpaired) electrons. The van der Waals surface area contributed by atoms with Crippen LogP contribution in [0, 0.1) is 5.92 Å². The van der Waals surface area contributed by atoms with E-state index < -0.39 is 47.0 Å². The number of benzene rings is 2. The van der Waals surface area contributed by atoms with E-state index in [4.69, 9.17) is 18.9 Å². The molecular formula is C28H26N2O8. The van der Waals surface area contributed by atoms with Gasteiger partial charge in [0.15, 0.2) is 0 Å². The molecule has 2 aromatic carbocycles. The van der Waals surface area contributed by atoms with Gasteiger partial charge in [0.2, 0.25) is 0 Å². The molecule has 2 heterocycles. The molecule has 0 aliphatic heterocycles. The predicted octanol–water partition coefficient (Wildman–Crippen LogP) is 3.08. The first-order chi connectivity index (χ1) is 18.4. The number of ether oxygens (including phenoxy) is 4. The SMILES string of the molecule is COC(=O)C1c2c([nH]c3ccccc23)C(C(=O)OC)C(C(=O)OC)(c2c[nH]c3ccccc23)C1C(=O)OC. The Hall–Kier alpha value is -4.60. The number of H-pyrrole nitrogens is 2. The number of methoxy groups -OCH3 is 4. The number of aromatic amines is 2. The fourth-order valence-corrected chi connectivity index (χ4v) is 6.10. The molecule has 0 saturated carbocycles. The molecule has 0 spiro atoms. The number of carbonyl (C=O) groups excluding carboxylic acids is 4. The molecule has 0 fully saturated rings. The van der Waals surface area contributed by atoms with Gasteiger partial charge in [0.05, 0.1) is 40.3 Å². The van der Waals surface area contributed by atoms with Crippen molar-refractivity contribution in [3.05, 3.63) is 71.5 Å². The average Bonchev–Trinajstić information content (AvgIpc) is 3.56. The zero-order valence-electron chi connectivity index (χ0n) is 21.2. The van der Waals surface area contributed by atoms with Gasteiger partial charge in [-0.2, -0.15) is 0 Å². The third kappa shape index (κ3) is 3.26. The van der Waals surface area contributed by atoms with E-state index in [2.05, 4.69) is 9.97 Å². The maximum Gasteiger partial charge on any atom is 0.318 e. The van der Waals surface area contributed by atoms with Crippen LogP contribution in [0.15, 0.2) is 54.7 Å². The Morgan fingerprint density at radius 1 is 0.737 bits per heavy atom. The summed E-state index contributed by atoms with van der Waals surface area (Å²) in [6, 6.07) is 14.2. The molecule has 1 aliphatic carbocycles. The lowest BCUT2D eigenvalue weighted by Gasteiger charge is -2.47. The first-order valence-electron chi connectivity index (χ1n) is 11.9. The summed E-state index contributed by atoms with van der Waals surface area (Å²) >= 11 is 0. The van der Waals surface area contributed by atoms with Gasteiger partial charge in [-0.25, -0.2) is 0 Å². The number of carbonyl (C=O) groups is 4. The maximum absolute atomic E-state index is 14.2. The molecule has 1 aliphatic rings. The van der Waals surface area contributed by atoms with Gasteiger partial charge in [-0.1, -0.05) is 36.4 Å². The molecule has 2 aromatic heterocycles. The number of aromatic nitrogens is 2. The summed E-state index contributed by atoms with van der Waals surface area (Å²) in [6.07, 6.45) is 1.55. The van der Waals surface area contributed by atoms with Crippen LogP contribution in [-0.4, -0.2) is 62.3 Å². The summed E-state index contributed by atoms with van der Waals surface area (Å²) in [6.45, 7) is 0. The zero-order valence-corrected chi connectivity index (χ0v) is 21.2. The van der Waals surface area contributed by atoms with Crippen molar-refractivity contribution in [2.75, 3.05) is 28.4 Å². The standard InChI is InChI=1S/C28H26N2O8/c1-35-24(31)20-19-15-10-6-8-12-18(15)30-23(19)22(26(33)37-3)28(27(34)38-4,21(20)25(32)36-2)16-13-29-17-11-7-5-9-14(16)17/h5-13,20-22,29-30H,1-4H3. The van der Waals surface area contributed by atoms with Crippen LogP contribution < -0.4 is 0 Å². The van der Waals surface area contributed by atoms with Crippen LogP contribution >= 0.6 is 0 Å². The second-order valence-corrected chi connectivity index (χ2v) is 9.06. The number of hydrogen-bond acceptors (Lipinski definition) is 8. The third-order valence-electron chi connectivity index (χ3n) is 7.56. The van der Waals surface area contributed by atoms with Crippen LogP contribution in [0.5, 0.6) is 0 Å². The Balaban J connectivity index is 2.03. The highest BCUT2D eigenvalue weighted by molar-refractivity contribution is 6.07. The smallest absolute Gasteiger partial charge is 0.318 e. The first kappa shape index (κ1) is 25.1. The summed E-state index contributed by atoms with van der Waals surface area (Å²) in [5.74, 6) is -7.66. The number of hydrogen-bond donors (Lipinski definition) is 2. The largest absolute Gasteiger partial charge is 0.469 e. The van der Waals surface area contributed by atoms with E-state index in [0.717, 1.165) is 14.2 Å². The van der Waals surface area contributed by atoms with E-state index in [1.54, 1.807) is 54.7 Å². The van der Waals surface area contributed by atoms with Crippen molar-refractivity contribution in [3.8, 4) is 0 Å². The minimum absolute atomic E-state index is 0.254.